The molecule has 1 aromatic rings. The largest absolute Gasteiger partial charge is 0.338 e. The fourth-order valence-electron chi connectivity index (χ4n) is 1.75. The normalized spacial score (nSPS) is 13.7. The summed E-state index contributed by atoms with van der Waals surface area (Å²) in [6, 6.07) is 5.53. The van der Waals surface area contributed by atoms with Gasteiger partial charge in [0.05, 0.1) is 12.5 Å². The topological polar surface area (TPSA) is 52.9 Å². The van der Waals surface area contributed by atoms with Crippen molar-refractivity contribution >= 4 is 29.1 Å². The molecule has 0 radical (unpaired) electrons. The SMILES string of the molecule is Cc1cc(Cl)cc(Cl)c1CC(=O)NC(C)(C#N)C(C)C. The van der Waals surface area contributed by atoms with Crippen molar-refractivity contribution in [2.24, 2.45) is 5.92 Å². The fraction of sp³-hybridized carbons (Fsp3) is 0.467. The number of halogens is 2. The van der Waals surface area contributed by atoms with Crippen molar-refractivity contribution in [2.45, 2.75) is 39.7 Å². The Hall–Kier alpha value is -1.24. The zero-order chi connectivity index (χ0) is 15.5. The monoisotopic (exact) mass is 312 g/mol. The van der Waals surface area contributed by atoms with Crippen LogP contribution < -0.4 is 5.32 Å². The average Bonchev–Trinajstić information content (AvgIpc) is 2.33. The minimum atomic E-state index is -0.885. The Morgan fingerprint density at radius 3 is 2.50 bits per heavy atom. The first-order valence-corrected chi connectivity index (χ1v) is 7.12. The summed E-state index contributed by atoms with van der Waals surface area (Å²) in [6.07, 6.45) is 0.131. The number of amides is 1. The van der Waals surface area contributed by atoms with Crippen molar-refractivity contribution in [1.82, 2.24) is 5.32 Å². The summed E-state index contributed by atoms with van der Waals surface area (Å²) in [6.45, 7) is 7.35. The molecule has 0 aliphatic rings. The van der Waals surface area contributed by atoms with Crippen molar-refractivity contribution in [2.75, 3.05) is 0 Å². The minimum Gasteiger partial charge on any atom is -0.338 e. The van der Waals surface area contributed by atoms with E-state index in [2.05, 4.69) is 11.4 Å². The molecule has 0 saturated carbocycles. The van der Waals surface area contributed by atoms with Gasteiger partial charge in [0.2, 0.25) is 5.91 Å². The predicted molar refractivity (Wildman–Crippen MR) is 81.9 cm³/mol. The number of hydrogen-bond donors (Lipinski definition) is 1. The summed E-state index contributed by atoms with van der Waals surface area (Å²) >= 11 is 12.0. The van der Waals surface area contributed by atoms with E-state index in [4.69, 9.17) is 23.2 Å². The molecule has 5 heteroatoms. The number of rotatable bonds is 4. The van der Waals surface area contributed by atoms with Gasteiger partial charge in [-0.05, 0) is 43.0 Å². The highest BCUT2D eigenvalue weighted by Gasteiger charge is 2.30. The van der Waals surface area contributed by atoms with Gasteiger partial charge in [-0.25, -0.2) is 0 Å². The van der Waals surface area contributed by atoms with Crippen molar-refractivity contribution in [1.29, 1.82) is 5.26 Å². The van der Waals surface area contributed by atoms with E-state index in [0.29, 0.717) is 10.0 Å². The summed E-state index contributed by atoms with van der Waals surface area (Å²) in [7, 11) is 0. The Morgan fingerprint density at radius 1 is 1.45 bits per heavy atom. The van der Waals surface area contributed by atoms with Crippen LogP contribution in [0.5, 0.6) is 0 Å². The first-order valence-electron chi connectivity index (χ1n) is 6.36. The van der Waals surface area contributed by atoms with Crippen molar-refractivity contribution in [3.05, 3.63) is 33.3 Å². The number of carbonyl (C=O) groups is 1. The third-order valence-corrected chi connectivity index (χ3v) is 4.06. The zero-order valence-electron chi connectivity index (χ0n) is 12.1. The maximum absolute atomic E-state index is 12.1. The van der Waals surface area contributed by atoms with Crippen LogP contribution in [-0.2, 0) is 11.2 Å². The van der Waals surface area contributed by atoms with E-state index in [0.717, 1.165) is 11.1 Å². The number of hydrogen-bond acceptors (Lipinski definition) is 2. The van der Waals surface area contributed by atoms with E-state index in [9.17, 15) is 10.1 Å². The molecule has 1 rings (SSSR count). The van der Waals surface area contributed by atoms with E-state index in [1.165, 1.54) is 0 Å². The molecule has 1 N–H and O–H groups in total. The molecule has 0 heterocycles. The van der Waals surface area contributed by atoms with Crippen LogP contribution in [0.15, 0.2) is 12.1 Å². The molecule has 0 fully saturated rings. The Bertz CT molecular complexity index is 540. The van der Waals surface area contributed by atoms with Crippen LogP contribution in [0.3, 0.4) is 0 Å². The number of carbonyl (C=O) groups excluding carboxylic acids is 1. The van der Waals surface area contributed by atoms with Crippen LogP contribution in [0.2, 0.25) is 10.0 Å². The first kappa shape index (κ1) is 16.8. The first-order chi connectivity index (χ1) is 9.19. The molecule has 1 unspecified atom stereocenters. The quantitative estimate of drug-likeness (QED) is 0.916. The van der Waals surface area contributed by atoms with Crippen LogP contribution >= 0.6 is 23.2 Å². The van der Waals surface area contributed by atoms with Gasteiger partial charge in [-0.2, -0.15) is 5.26 Å². The lowest BCUT2D eigenvalue weighted by atomic mass is 9.89. The maximum atomic E-state index is 12.1. The summed E-state index contributed by atoms with van der Waals surface area (Å²) in [4.78, 5) is 12.1. The molecule has 0 bridgehead atoms. The molecule has 1 amide bonds. The third kappa shape index (κ3) is 3.88. The maximum Gasteiger partial charge on any atom is 0.225 e. The van der Waals surface area contributed by atoms with Gasteiger partial charge in [0.1, 0.15) is 5.54 Å². The predicted octanol–water partition coefficient (Wildman–Crippen LogP) is 3.90. The van der Waals surface area contributed by atoms with Gasteiger partial charge in [0, 0.05) is 10.0 Å². The highest BCUT2D eigenvalue weighted by Crippen LogP contribution is 2.25. The van der Waals surface area contributed by atoms with Crippen molar-refractivity contribution < 1.29 is 4.79 Å². The molecule has 0 aromatic heterocycles. The lowest BCUT2D eigenvalue weighted by molar-refractivity contribution is -0.122. The molecule has 0 aliphatic carbocycles. The number of aryl methyl sites for hydroxylation is 1. The van der Waals surface area contributed by atoms with E-state index >= 15 is 0 Å². The number of nitriles is 1. The molecular formula is C15H18Cl2N2O. The minimum absolute atomic E-state index is 0.0123. The standard InChI is InChI=1S/C15H18Cl2N2O/c1-9(2)15(4,8-18)19-14(20)7-12-10(3)5-11(16)6-13(12)17/h5-6,9H,7H2,1-4H3,(H,19,20). The van der Waals surface area contributed by atoms with Crippen molar-refractivity contribution in [3.8, 4) is 6.07 Å². The molecule has 20 heavy (non-hydrogen) atoms. The lowest BCUT2D eigenvalue weighted by Gasteiger charge is -2.27. The Balaban J connectivity index is 2.91. The van der Waals surface area contributed by atoms with Crippen LogP contribution in [0.1, 0.15) is 31.9 Å². The van der Waals surface area contributed by atoms with E-state index < -0.39 is 5.54 Å². The van der Waals surface area contributed by atoms with E-state index in [-0.39, 0.29) is 18.2 Å². The Labute approximate surface area is 129 Å². The lowest BCUT2D eigenvalue weighted by Crippen LogP contribution is -2.49. The highest BCUT2D eigenvalue weighted by atomic mass is 35.5. The van der Waals surface area contributed by atoms with Gasteiger partial charge in [0.25, 0.3) is 0 Å². The molecule has 1 atom stereocenters. The molecule has 0 aliphatic heterocycles. The van der Waals surface area contributed by atoms with Gasteiger partial charge >= 0.3 is 0 Å². The second-order valence-electron chi connectivity index (χ2n) is 5.38. The second-order valence-corrected chi connectivity index (χ2v) is 6.22. The van der Waals surface area contributed by atoms with Crippen molar-refractivity contribution in [3.63, 3.8) is 0 Å². The van der Waals surface area contributed by atoms with Gasteiger partial charge in [-0.3, -0.25) is 4.79 Å². The van der Waals surface area contributed by atoms with Crippen LogP contribution in [0.25, 0.3) is 0 Å². The molecule has 0 saturated heterocycles. The highest BCUT2D eigenvalue weighted by molar-refractivity contribution is 6.35. The van der Waals surface area contributed by atoms with Crippen LogP contribution in [0, 0.1) is 24.2 Å². The summed E-state index contributed by atoms with van der Waals surface area (Å²) in [5.74, 6) is -0.215. The molecular weight excluding hydrogens is 295 g/mol. The smallest absolute Gasteiger partial charge is 0.225 e. The van der Waals surface area contributed by atoms with E-state index in [1.807, 2.05) is 20.8 Å². The number of benzene rings is 1. The summed E-state index contributed by atoms with van der Waals surface area (Å²) in [5.41, 5.74) is 0.711. The number of nitrogens with zero attached hydrogens (tertiary/aromatic N) is 1. The summed E-state index contributed by atoms with van der Waals surface area (Å²) in [5, 5.41) is 13.0. The number of nitrogens with one attached hydrogen (secondary N) is 1. The molecule has 0 spiro atoms. The molecule has 3 nitrogen and oxygen atoms in total. The summed E-state index contributed by atoms with van der Waals surface area (Å²) < 4.78 is 0. The zero-order valence-corrected chi connectivity index (χ0v) is 13.6. The Morgan fingerprint density at radius 2 is 2.05 bits per heavy atom. The van der Waals surface area contributed by atoms with Crippen LogP contribution in [-0.4, -0.2) is 11.4 Å². The fourth-order valence-corrected chi connectivity index (χ4v) is 2.41. The second kappa shape index (κ2) is 6.47. The molecule has 1 aromatic carbocycles. The van der Waals surface area contributed by atoms with Gasteiger partial charge < -0.3 is 5.32 Å². The average molecular weight is 313 g/mol. The van der Waals surface area contributed by atoms with Gasteiger partial charge in [-0.1, -0.05) is 37.0 Å². The Kier molecular flexibility index (Phi) is 5.44. The molecule has 108 valence electrons. The third-order valence-electron chi connectivity index (χ3n) is 3.51. The van der Waals surface area contributed by atoms with Gasteiger partial charge in [-0.15, -0.1) is 0 Å². The van der Waals surface area contributed by atoms with E-state index in [1.54, 1.807) is 19.1 Å². The van der Waals surface area contributed by atoms with Gasteiger partial charge in [0.15, 0.2) is 0 Å². The van der Waals surface area contributed by atoms with Crippen LogP contribution in [0.4, 0.5) is 0 Å².